The summed E-state index contributed by atoms with van der Waals surface area (Å²) in [4.78, 5) is 1.93. The summed E-state index contributed by atoms with van der Waals surface area (Å²) < 4.78 is 28.2. The molecule has 0 radical (unpaired) electrons. The number of nitrogens with zero attached hydrogens (tertiary/aromatic N) is 1. The average Bonchev–Trinajstić information content (AvgIpc) is 2.60. The highest BCUT2D eigenvalue weighted by Crippen LogP contribution is 2.51. The SMILES string of the molecule is CC1(C)c2ccccc2N(c2cc(F)c(Br)c(F)c2)c2ccccc21. The zero-order valence-corrected chi connectivity index (χ0v) is 15.4. The second-order valence-electron chi connectivity index (χ2n) is 6.72. The predicted octanol–water partition coefficient (Wildman–Crippen LogP) is 6.84. The smallest absolute Gasteiger partial charge is 0.142 e. The molecule has 0 atom stereocenters. The monoisotopic (exact) mass is 399 g/mol. The molecule has 3 aromatic rings. The Bertz CT molecular complexity index is 909. The van der Waals surface area contributed by atoms with Crippen molar-refractivity contribution >= 4 is 33.0 Å². The molecule has 126 valence electrons. The normalized spacial score (nSPS) is 14.8. The van der Waals surface area contributed by atoms with E-state index in [4.69, 9.17) is 0 Å². The molecule has 0 aliphatic carbocycles. The Morgan fingerprint density at radius 1 is 0.800 bits per heavy atom. The minimum Gasteiger partial charge on any atom is -0.310 e. The summed E-state index contributed by atoms with van der Waals surface area (Å²) in [5.41, 5.74) is 4.39. The largest absolute Gasteiger partial charge is 0.310 e. The molecular formula is C21H16BrF2N. The summed E-state index contributed by atoms with van der Waals surface area (Å²) in [5.74, 6) is -1.23. The summed E-state index contributed by atoms with van der Waals surface area (Å²) in [6, 6.07) is 18.7. The first kappa shape index (κ1) is 16.3. The maximum Gasteiger partial charge on any atom is 0.142 e. The van der Waals surface area contributed by atoms with Crippen LogP contribution in [0.5, 0.6) is 0 Å². The first-order valence-electron chi connectivity index (χ1n) is 8.05. The van der Waals surface area contributed by atoms with Crippen LogP contribution in [0.4, 0.5) is 25.8 Å². The van der Waals surface area contributed by atoms with E-state index >= 15 is 0 Å². The molecule has 25 heavy (non-hydrogen) atoms. The third-order valence-electron chi connectivity index (χ3n) is 4.86. The van der Waals surface area contributed by atoms with Gasteiger partial charge in [0.2, 0.25) is 0 Å². The van der Waals surface area contributed by atoms with Crippen LogP contribution >= 0.6 is 15.9 Å². The second kappa shape index (κ2) is 5.67. The van der Waals surface area contributed by atoms with Gasteiger partial charge < -0.3 is 4.90 Å². The Morgan fingerprint density at radius 2 is 1.24 bits per heavy atom. The lowest BCUT2D eigenvalue weighted by atomic mass is 9.73. The molecule has 1 aliphatic rings. The van der Waals surface area contributed by atoms with Crippen molar-refractivity contribution in [3.8, 4) is 0 Å². The van der Waals surface area contributed by atoms with Gasteiger partial charge in [0.1, 0.15) is 11.6 Å². The highest BCUT2D eigenvalue weighted by Gasteiger charge is 2.36. The van der Waals surface area contributed by atoms with Gasteiger partial charge >= 0.3 is 0 Å². The van der Waals surface area contributed by atoms with Crippen molar-refractivity contribution in [2.75, 3.05) is 4.90 Å². The van der Waals surface area contributed by atoms with E-state index in [2.05, 4.69) is 41.9 Å². The van der Waals surface area contributed by atoms with E-state index in [0.29, 0.717) is 5.69 Å². The highest BCUT2D eigenvalue weighted by atomic mass is 79.9. The van der Waals surface area contributed by atoms with Crippen LogP contribution in [0.15, 0.2) is 65.1 Å². The molecule has 0 spiro atoms. The van der Waals surface area contributed by atoms with Gasteiger partial charge in [-0.2, -0.15) is 0 Å². The summed E-state index contributed by atoms with van der Waals surface area (Å²) in [6.07, 6.45) is 0. The number of benzene rings is 3. The lowest BCUT2D eigenvalue weighted by Crippen LogP contribution is -2.30. The first-order chi connectivity index (χ1) is 11.9. The zero-order chi connectivity index (χ0) is 17.8. The van der Waals surface area contributed by atoms with Gasteiger partial charge in [-0.25, -0.2) is 8.78 Å². The lowest BCUT2D eigenvalue weighted by Gasteiger charge is -2.42. The van der Waals surface area contributed by atoms with Gasteiger partial charge in [0.15, 0.2) is 0 Å². The molecule has 1 aliphatic heterocycles. The van der Waals surface area contributed by atoms with Crippen LogP contribution < -0.4 is 4.90 Å². The summed E-state index contributed by atoms with van der Waals surface area (Å²) in [5, 5.41) is 0. The first-order valence-corrected chi connectivity index (χ1v) is 8.84. The van der Waals surface area contributed by atoms with E-state index in [0.717, 1.165) is 22.5 Å². The van der Waals surface area contributed by atoms with Crippen molar-refractivity contribution in [3.63, 3.8) is 0 Å². The van der Waals surface area contributed by atoms with Gasteiger partial charge in [-0.3, -0.25) is 0 Å². The van der Waals surface area contributed by atoms with E-state index in [1.165, 1.54) is 12.1 Å². The minimum absolute atomic E-state index is 0.143. The fourth-order valence-corrected chi connectivity index (χ4v) is 3.85. The van der Waals surface area contributed by atoms with Crippen molar-refractivity contribution in [3.05, 3.63) is 87.9 Å². The molecule has 0 amide bonds. The Balaban J connectivity index is 2.04. The number of anilines is 3. The third kappa shape index (κ3) is 2.39. The van der Waals surface area contributed by atoms with Crippen molar-refractivity contribution in [2.24, 2.45) is 0 Å². The maximum absolute atomic E-state index is 14.2. The van der Waals surface area contributed by atoms with Crippen LogP contribution in [-0.4, -0.2) is 0 Å². The molecule has 0 saturated carbocycles. The standard InChI is InChI=1S/C21H16BrF2N/c1-21(2)14-7-3-5-9-18(14)25(19-10-6-4-8-15(19)21)13-11-16(23)20(22)17(24)12-13/h3-12H,1-2H3. The molecule has 0 bridgehead atoms. The molecule has 0 saturated heterocycles. The summed E-state index contributed by atoms with van der Waals surface area (Å²) >= 11 is 2.95. The minimum atomic E-state index is -0.616. The lowest BCUT2D eigenvalue weighted by molar-refractivity contribution is 0.572. The third-order valence-corrected chi connectivity index (χ3v) is 5.62. The molecule has 4 rings (SSSR count). The molecule has 0 fully saturated rings. The molecule has 0 N–H and O–H groups in total. The molecule has 1 nitrogen and oxygen atoms in total. The zero-order valence-electron chi connectivity index (χ0n) is 13.9. The van der Waals surface area contributed by atoms with Crippen LogP contribution in [0.25, 0.3) is 0 Å². The fourth-order valence-electron chi connectivity index (χ4n) is 3.62. The van der Waals surface area contributed by atoms with Gasteiger partial charge in [-0.05, 0) is 51.3 Å². The van der Waals surface area contributed by atoms with Gasteiger partial charge in [0.05, 0.1) is 21.5 Å². The van der Waals surface area contributed by atoms with Crippen molar-refractivity contribution in [2.45, 2.75) is 19.3 Å². The van der Waals surface area contributed by atoms with Crippen molar-refractivity contribution in [1.82, 2.24) is 0 Å². The average molecular weight is 400 g/mol. The number of halogens is 3. The Kier molecular flexibility index (Phi) is 3.69. The fraction of sp³-hybridized carbons (Fsp3) is 0.143. The number of fused-ring (bicyclic) bond motifs is 2. The summed E-state index contributed by atoms with van der Waals surface area (Å²) in [6.45, 7) is 4.34. The number of hydrogen-bond donors (Lipinski definition) is 0. The Hall–Kier alpha value is -2.20. The predicted molar refractivity (Wildman–Crippen MR) is 101 cm³/mol. The molecule has 0 unspecified atom stereocenters. The van der Waals surface area contributed by atoms with Crippen LogP contribution in [0.2, 0.25) is 0 Å². The molecule has 0 aromatic heterocycles. The Labute approximate surface area is 154 Å². The topological polar surface area (TPSA) is 3.24 Å². The van der Waals surface area contributed by atoms with Gasteiger partial charge in [-0.1, -0.05) is 50.2 Å². The van der Waals surface area contributed by atoms with Crippen LogP contribution in [-0.2, 0) is 5.41 Å². The van der Waals surface area contributed by atoms with Crippen LogP contribution in [0.3, 0.4) is 0 Å². The molecule has 3 aromatic carbocycles. The summed E-state index contributed by atoms with van der Waals surface area (Å²) in [7, 11) is 0. The van der Waals surface area contributed by atoms with Gasteiger partial charge in [0.25, 0.3) is 0 Å². The number of para-hydroxylation sites is 2. The number of hydrogen-bond acceptors (Lipinski definition) is 1. The quantitative estimate of drug-likeness (QED) is 0.405. The van der Waals surface area contributed by atoms with Crippen LogP contribution in [0, 0.1) is 11.6 Å². The Morgan fingerprint density at radius 3 is 1.72 bits per heavy atom. The van der Waals surface area contributed by atoms with Crippen molar-refractivity contribution in [1.29, 1.82) is 0 Å². The van der Waals surface area contributed by atoms with Gasteiger partial charge in [0, 0.05) is 5.41 Å². The van der Waals surface area contributed by atoms with E-state index in [1.54, 1.807) is 0 Å². The van der Waals surface area contributed by atoms with Crippen molar-refractivity contribution < 1.29 is 8.78 Å². The number of rotatable bonds is 1. The van der Waals surface area contributed by atoms with E-state index < -0.39 is 11.6 Å². The van der Waals surface area contributed by atoms with E-state index in [9.17, 15) is 8.78 Å². The van der Waals surface area contributed by atoms with E-state index in [-0.39, 0.29) is 9.89 Å². The molecule has 1 heterocycles. The van der Waals surface area contributed by atoms with E-state index in [1.807, 2.05) is 41.3 Å². The molecule has 4 heteroatoms. The highest BCUT2D eigenvalue weighted by molar-refractivity contribution is 9.10. The van der Waals surface area contributed by atoms with Crippen LogP contribution in [0.1, 0.15) is 25.0 Å². The van der Waals surface area contributed by atoms with Gasteiger partial charge in [-0.15, -0.1) is 0 Å². The molecular weight excluding hydrogens is 384 g/mol. The second-order valence-corrected chi connectivity index (χ2v) is 7.51. The maximum atomic E-state index is 14.2.